The monoisotopic (exact) mass is 324 g/mol. The Kier molecular flexibility index (Phi) is 3.18. The van der Waals surface area contributed by atoms with Gasteiger partial charge in [-0.15, -0.1) is 0 Å². The lowest BCUT2D eigenvalue weighted by Gasteiger charge is -2.07. The van der Waals surface area contributed by atoms with Crippen molar-refractivity contribution < 1.29 is 0 Å². The maximum absolute atomic E-state index is 6.00. The molecule has 0 amide bonds. The van der Waals surface area contributed by atoms with E-state index in [1.807, 2.05) is 6.07 Å². The minimum Gasteiger partial charge on any atom is -0.339 e. The highest BCUT2D eigenvalue weighted by molar-refractivity contribution is 9.10. The summed E-state index contributed by atoms with van der Waals surface area (Å²) in [6, 6.07) is 3.65. The molecule has 2 heterocycles. The van der Waals surface area contributed by atoms with Crippen molar-refractivity contribution in [2.75, 3.05) is 5.32 Å². The highest BCUT2D eigenvalue weighted by Crippen LogP contribution is 2.39. The number of nitrogens with zero attached hydrogens (tertiary/aromatic N) is 3. The van der Waals surface area contributed by atoms with Gasteiger partial charge in [-0.1, -0.05) is 11.6 Å². The van der Waals surface area contributed by atoms with Crippen molar-refractivity contribution in [3.8, 4) is 0 Å². The third kappa shape index (κ3) is 2.79. The molecule has 4 nitrogen and oxygen atoms in total. The Bertz CT molecular complexity index is 586. The lowest BCUT2D eigenvalue weighted by molar-refractivity contribution is 0.930. The molecule has 1 aliphatic rings. The topological polar surface area (TPSA) is 50.7 Å². The molecule has 0 unspecified atom stereocenters. The van der Waals surface area contributed by atoms with Crippen molar-refractivity contribution in [2.45, 2.75) is 18.8 Å². The van der Waals surface area contributed by atoms with Crippen molar-refractivity contribution >= 4 is 39.0 Å². The van der Waals surface area contributed by atoms with Gasteiger partial charge in [0.15, 0.2) is 0 Å². The van der Waals surface area contributed by atoms with E-state index >= 15 is 0 Å². The van der Waals surface area contributed by atoms with E-state index in [1.165, 1.54) is 0 Å². The highest BCUT2D eigenvalue weighted by Gasteiger charge is 2.27. The molecule has 1 fully saturated rings. The summed E-state index contributed by atoms with van der Waals surface area (Å²) in [5.41, 5.74) is 0.862. The van der Waals surface area contributed by atoms with Gasteiger partial charge in [-0.2, -0.15) is 0 Å². The fourth-order valence-electron chi connectivity index (χ4n) is 1.65. The predicted octanol–water partition coefficient (Wildman–Crippen LogP) is 3.91. The molecule has 0 aliphatic heterocycles. The molecule has 0 aromatic carbocycles. The first kappa shape index (κ1) is 11.9. The summed E-state index contributed by atoms with van der Waals surface area (Å²) in [5.74, 6) is 2.01. The minimum absolute atomic E-state index is 0.470. The van der Waals surface area contributed by atoms with Crippen LogP contribution in [-0.2, 0) is 0 Å². The van der Waals surface area contributed by atoms with Crippen LogP contribution in [0.2, 0.25) is 5.15 Å². The van der Waals surface area contributed by atoms with Crippen LogP contribution in [0.3, 0.4) is 0 Å². The third-order valence-corrected chi connectivity index (χ3v) is 3.26. The van der Waals surface area contributed by atoms with E-state index in [1.54, 1.807) is 18.5 Å². The molecule has 0 saturated heterocycles. The van der Waals surface area contributed by atoms with E-state index < -0.39 is 0 Å². The summed E-state index contributed by atoms with van der Waals surface area (Å²) in [5, 5.41) is 3.65. The quantitative estimate of drug-likeness (QED) is 0.869. The molecule has 0 spiro atoms. The Labute approximate surface area is 118 Å². The molecule has 0 radical (unpaired) electrons. The van der Waals surface area contributed by atoms with Gasteiger partial charge in [0.1, 0.15) is 16.8 Å². The largest absolute Gasteiger partial charge is 0.339 e. The van der Waals surface area contributed by atoms with E-state index in [0.29, 0.717) is 16.9 Å². The predicted molar refractivity (Wildman–Crippen MR) is 74.2 cm³/mol. The Balaban J connectivity index is 1.87. The van der Waals surface area contributed by atoms with E-state index in [2.05, 4.69) is 36.2 Å². The molecule has 1 aliphatic carbocycles. The highest BCUT2D eigenvalue weighted by atomic mass is 79.9. The Morgan fingerprint density at radius 3 is 2.78 bits per heavy atom. The number of hydrogen-bond donors (Lipinski definition) is 1. The van der Waals surface area contributed by atoms with Crippen molar-refractivity contribution in [3.05, 3.63) is 40.0 Å². The van der Waals surface area contributed by atoms with Crippen LogP contribution in [0, 0.1) is 0 Å². The van der Waals surface area contributed by atoms with Crippen LogP contribution in [0.25, 0.3) is 0 Å². The summed E-state index contributed by atoms with van der Waals surface area (Å²) in [4.78, 5) is 12.8. The summed E-state index contributed by atoms with van der Waals surface area (Å²) in [6.45, 7) is 0. The summed E-state index contributed by atoms with van der Waals surface area (Å²) in [6.07, 6.45) is 5.77. The van der Waals surface area contributed by atoms with Crippen LogP contribution in [0.4, 0.5) is 11.5 Å². The average molecular weight is 326 g/mol. The molecule has 1 N–H and O–H groups in total. The van der Waals surface area contributed by atoms with Gasteiger partial charge in [0.25, 0.3) is 0 Å². The lowest BCUT2D eigenvalue weighted by atomic mass is 10.3. The molecular weight excluding hydrogens is 316 g/mol. The molecule has 0 atom stereocenters. The van der Waals surface area contributed by atoms with Gasteiger partial charge >= 0.3 is 0 Å². The van der Waals surface area contributed by atoms with Crippen molar-refractivity contribution in [1.29, 1.82) is 0 Å². The average Bonchev–Trinajstić information content (AvgIpc) is 3.11. The van der Waals surface area contributed by atoms with Gasteiger partial charge in [-0.3, -0.25) is 4.98 Å². The molecule has 2 aromatic rings. The molecule has 92 valence electrons. The number of pyridine rings is 1. The number of rotatable bonds is 3. The van der Waals surface area contributed by atoms with Gasteiger partial charge in [0.2, 0.25) is 0 Å². The summed E-state index contributed by atoms with van der Waals surface area (Å²) in [7, 11) is 0. The van der Waals surface area contributed by atoms with E-state index in [0.717, 1.165) is 28.8 Å². The first-order valence-corrected chi connectivity index (χ1v) is 6.80. The normalized spacial score (nSPS) is 14.6. The molecular formula is C12H10BrClN4. The van der Waals surface area contributed by atoms with E-state index in [4.69, 9.17) is 11.6 Å². The van der Waals surface area contributed by atoms with Gasteiger partial charge in [0.05, 0.1) is 11.9 Å². The summed E-state index contributed by atoms with van der Waals surface area (Å²) < 4.78 is 0.912. The second kappa shape index (κ2) is 4.82. The van der Waals surface area contributed by atoms with Crippen LogP contribution < -0.4 is 5.32 Å². The molecule has 2 aromatic heterocycles. The van der Waals surface area contributed by atoms with Crippen LogP contribution in [0.15, 0.2) is 29.0 Å². The number of anilines is 2. The number of aromatic nitrogens is 3. The van der Waals surface area contributed by atoms with E-state index in [-0.39, 0.29) is 0 Å². The summed E-state index contributed by atoms with van der Waals surface area (Å²) >= 11 is 9.38. The molecule has 0 bridgehead atoms. The third-order valence-electron chi connectivity index (χ3n) is 2.63. The zero-order valence-corrected chi connectivity index (χ0v) is 11.7. The zero-order valence-electron chi connectivity index (χ0n) is 9.40. The second-order valence-electron chi connectivity index (χ2n) is 4.23. The Morgan fingerprint density at radius 2 is 2.06 bits per heavy atom. The van der Waals surface area contributed by atoms with Gasteiger partial charge in [0, 0.05) is 22.7 Å². The van der Waals surface area contributed by atoms with Crippen LogP contribution in [0.1, 0.15) is 24.6 Å². The number of hydrogen-bond acceptors (Lipinski definition) is 4. The standard InChI is InChI=1S/C12H10BrClN4/c13-8-3-9(6-15-5-8)16-11-4-10(14)17-12(18-11)7-1-2-7/h3-7H,1-2H2,(H,16,17,18). The fourth-order valence-corrected chi connectivity index (χ4v) is 2.21. The van der Waals surface area contributed by atoms with Gasteiger partial charge in [-0.25, -0.2) is 9.97 Å². The molecule has 18 heavy (non-hydrogen) atoms. The molecule has 1 saturated carbocycles. The SMILES string of the molecule is Clc1cc(Nc2cncc(Br)c2)nc(C2CC2)n1. The minimum atomic E-state index is 0.470. The van der Waals surface area contributed by atoms with Crippen molar-refractivity contribution in [1.82, 2.24) is 15.0 Å². The maximum atomic E-state index is 6.00. The Morgan fingerprint density at radius 1 is 1.22 bits per heavy atom. The smallest absolute Gasteiger partial charge is 0.135 e. The van der Waals surface area contributed by atoms with Crippen LogP contribution in [0.5, 0.6) is 0 Å². The second-order valence-corrected chi connectivity index (χ2v) is 5.53. The maximum Gasteiger partial charge on any atom is 0.135 e. The van der Waals surface area contributed by atoms with Crippen molar-refractivity contribution in [3.63, 3.8) is 0 Å². The van der Waals surface area contributed by atoms with Crippen LogP contribution in [-0.4, -0.2) is 15.0 Å². The molecule has 6 heteroatoms. The number of nitrogens with one attached hydrogen (secondary N) is 1. The van der Waals surface area contributed by atoms with Gasteiger partial charge < -0.3 is 5.32 Å². The van der Waals surface area contributed by atoms with Crippen LogP contribution >= 0.6 is 27.5 Å². The zero-order chi connectivity index (χ0) is 12.5. The van der Waals surface area contributed by atoms with Crippen molar-refractivity contribution in [2.24, 2.45) is 0 Å². The molecule has 3 rings (SSSR count). The van der Waals surface area contributed by atoms with Gasteiger partial charge in [-0.05, 0) is 34.8 Å². The number of halogens is 2. The lowest BCUT2D eigenvalue weighted by Crippen LogP contribution is -1.99. The first-order chi connectivity index (χ1) is 8.70. The first-order valence-electron chi connectivity index (χ1n) is 5.63. The van der Waals surface area contributed by atoms with E-state index in [9.17, 15) is 0 Å². The Hall–Kier alpha value is -1.20. The fraction of sp³-hybridized carbons (Fsp3) is 0.250.